The molecule has 0 bridgehead atoms. The SMILES string of the molecule is O=C(C[n+]1cc([O-])on1)N1CCCC(N2CCc3ccccc3C2)C1. The fourth-order valence-electron chi connectivity index (χ4n) is 3.88. The summed E-state index contributed by atoms with van der Waals surface area (Å²) in [5, 5.41) is 14.6. The molecule has 2 aliphatic heterocycles. The Morgan fingerprint density at radius 2 is 2.16 bits per heavy atom. The minimum absolute atomic E-state index is 0.0135. The molecular formula is C18H22N4O3. The van der Waals surface area contributed by atoms with E-state index in [4.69, 9.17) is 0 Å². The van der Waals surface area contributed by atoms with Crippen LogP contribution in [-0.2, 0) is 24.3 Å². The van der Waals surface area contributed by atoms with E-state index in [2.05, 4.69) is 39.0 Å². The lowest BCUT2D eigenvalue weighted by Gasteiger charge is -2.41. The van der Waals surface area contributed by atoms with Crippen molar-refractivity contribution in [3.63, 3.8) is 0 Å². The molecule has 4 rings (SSSR count). The van der Waals surface area contributed by atoms with Gasteiger partial charge in [0.1, 0.15) is 5.95 Å². The predicted octanol–water partition coefficient (Wildman–Crippen LogP) is 0.0850. The van der Waals surface area contributed by atoms with E-state index in [0.29, 0.717) is 6.04 Å². The van der Waals surface area contributed by atoms with Crippen molar-refractivity contribution in [2.75, 3.05) is 19.6 Å². The first-order valence-electron chi connectivity index (χ1n) is 8.81. The maximum Gasteiger partial charge on any atom is 0.291 e. The van der Waals surface area contributed by atoms with Crippen molar-refractivity contribution in [1.82, 2.24) is 15.1 Å². The van der Waals surface area contributed by atoms with Crippen molar-refractivity contribution >= 4 is 5.91 Å². The number of hydrogen-bond donors (Lipinski definition) is 0. The van der Waals surface area contributed by atoms with E-state index in [0.717, 1.165) is 45.4 Å². The normalized spacial score (nSPS) is 21.1. The van der Waals surface area contributed by atoms with Crippen LogP contribution in [0.25, 0.3) is 0 Å². The number of fused-ring (bicyclic) bond motifs is 1. The van der Waals surface area contributed by atoms with Gasteiger partial charge >= 0.3 is 0 Å². The highest BCUT2D eigenvalue weighted by Crippen LogP contribution is 2.24. The van der Waals surface area contributed by atoms with Gasteiger partial charge < -0.3 is 14.5 Å². The Bertz CT molecular complexity index is 760. The summed E-state index contributed by atoms with van der Waals surface area (Å²) >= 11 is 0. The van der Waals surface area contributed by atoms with E-state index < -0.39 is 5.95 Å². The van der Waals surface area contributed by atoms with Gasteiger partial charge in [0.2, 0.25) is 6.20 Å². The molecule has 2 aromatic rings. The number of rotatable bonds is 3. The van der Waals surface area contributed by atoms with Gasteiger partial charge in [0.15, 0.2) is 0 Å². The summed E-state index contributed by atoms with van der Waals surface area (Å²) in [6.07, 6.45) is 4.40. The smallest absolute Gasteiger partial charge is 0.291 e. The van der Waals surface area contributed by atoms with Gasteiger partial charge in [0.05, 0.1) is 5.27 Å². The van der Waals surface area contributed by atoms with Crippen LogP contribution < -0.4 is 9.79 Å². The first-order chi connectivity index (χ1) is 12.2. The molecular weight excluding hydrogens is 320 g/mol. The summed E-state index contributed by atoms with van der Waals surface area (Å²) in [6, 6.07) is 9.00. The summed E-state index contributed by atoms with van der Waals surface area (Å²) in [5.41, 5.74) is 2.84. The zero-order chi connectivity index (χ0) is 17.2. The lowest BCUT2D eigenvalue weighted by atomic mass is 9.96. The molecule has 1 atom stereocenters. The molecule has 132 valence electrons. The molecule has 0 spiro atoms. The number of nitrogens with zero attached hydrogens (tertiary/aromatic N) is 4. The number of benzene rings is 1. The molecule has 2 aliphatic rings. The number of likely N-dealkylation sites (tertiary alicyclic amines) is 1. The Kier molecular flexibility index (Phi) is 4.40. The quantitative estimate of drug-likeness (QED) is 0.739. The third-order valence-corrected chi connectivity index (χ3v) is 5.21. The maximum atomic E-state index is 12.5. The van der Waals surface area contributed by atoms with E-state index in [9.17, 15) is 9.90 Å². The first-order valence-corrected chi connectivity index (χ1v) is 8.81. The maximum absolute atomic E-state index is 12.5. The van der Waals surface area contributed by atoms with Crippen LogP contribution in [0.3, 0.4) is 0 Å². The number of aromatic nitrogens is 2. The van der Waals surface area contributed by atoms with Gasteiger partial charge in [-0.3, -0.25) is 9.69 Å². The second-order valence-electron chi connectivity index (χ2n) is 6.84. The van der Waals surface area contributed by atoms with E-state index in [1.165, 1.54) is 22.0 Å². The molecule has 1 saturated heterocycles. The number of hydrogen-bond acceptors (Lipinski definition) is 5. The van der Waals surface area contributed by atoms with Gasteiger partial charge in [0.25, 0.3) is 12.5 Å². The van der Waals surface area contributed by atoms with Crippen LogP contribution >= 0.6 is 0 Å². The molecule has 7 nitrogen and oxygen atoms in total. The fourth-order valence-corrected chi connectivity index (χ4v) is 3.88. The Morgan fingerprint density at radius 3 is 2.96 bits per heavy atom. The number of carbonyl (C=O) groups is 1. The van der Waals surface area contributed by atoms with Gasteiger partial charge in [-0.25, -0.2) is 0 Å². The molecule has 1 fully saturated rings. The molecule has 0 N–H and O–H groups in total. The first kappa shape index (κ1) is 16.1. The summed E-state index contributed by atoms with van der Waals surface area (Å²) in [6.45, 7) is 3.56. The number of piperidine rings is 1. The molecule has 3 heterocycles. The Balaban J connectivity index is 1.39. The number of carbonyl (C=O) groups excluding carboxylic acids is 1. The molecule has 1 amide bonds. The summed E-state index contributed by atoms with van der Waals surface area (Å²) in [4.78, 5) is 16.9. The average molecular weight is 342 g/mol. The molecule has 25 heavy (non-hydrogen) atoms. The van der Waals surface area contributed by atoms with Gasteiger partial charge in [-0.1, -0.05) is 28.9 Å². The van der Waals surface area contributed by atoms with Gasteiger partial charge in [-0.05, 0) is 30.4 Å². The van der Waals surface area contributed by atoms with Gasteiger partial charge in [-0.15, -0.1) is 0 Å². The van der Waals surface area contributed by atoms with Gasteiger partial charge in [0, 0.05) is 32.2 Å². The monoisotopic (exact) mass is 342 g/mol. The molecule has 1 aromatic heterocycles. The summed E-state index contributed by atoms with van der Waals surface area (Å²) in [7, 11) is 0. The van der Waals surface area contributed by atoms with Crippen LogP contribution in [0.2, 0.25) is 0 Å². The van der Waals surface area contributed by atoms with Crippen LogP contribution in [0.4, 0.5) is 0 Å². The van der Waals surface area contributed by atoms with Crippen LogP contribution in [0.15, 0.2) is 35.0 Å². The van der Waals surface area contributed by atoms with Crippen molar-refractivity contribution in [2.45, 2.75) is 38.4 Å². The van der Waals surface area contributed by atoms with Crippen molar-refractivity contribution in [3.05, 3.63) is 41.6 Å². The van der Waals surface area contributed by atoms with Crippen LogP contribution in [-0.4, -0.2) is 46.7 Å². The second-order valence-corrected chi connectivity index (χ2v) is 6.84. The molecule has 1 aromatic carbocycles. The van der Waals surface area contributed by atoms with Crippen LogP contribution in [0, 0.1) is 0 Å². The lowest BCUT2D eigenvalue weighted by Crippen LogP contribution is -2.53. The summed E-state index contributed by atoms with van der Waals surface area (Å²) < 4.78 is 5.75. The highest BCUT2D eigenvalue weighted by molar-refractivity contribution is 5.74. The lowest BCUT2D eigenvalue weighted by molar-refractivity contribution is -0.751. The zero-order valence-corrected chi connectivity index (χ0v) is 14.1. The van der Waals surface area contributed by atoms with Crippen molar-refractivity contribution in [1.29, 1.82) is 0 Å². The largest absolute Gasteiger partial charge is 0.539 e. The van der Waals surface area contributed by atoms with Crippen molar-refractivity contribution in [2.24, 2.45) is 0 Å². The topological polar surface area (TPSA) is 76.5 Å². The molecule has 0 saturated carbocycles. The molecule has 0 aliphatic carbocycles. The highest BCUT2D eigenvalue weighted by Gasteiger charge is 2.31. The van der Waals surface area contributed by atoms with E-state index in [1.54, 1.807) is 0 Å². The third-order valence-electron chi connectivity index (χ3n) is 5.21. The standard InChI is InChI=1S/C18H22N4O3/c23-17(12-22-13-18(24)25-19-22)21-8-3-6-16(11-21)20-9-7-14-4-1-2-5-15(14)10-20/h1-2,4-5,13,16H,3,6-12H2. The number of amides is 1. The predicted molar refractivity (Wildman–Crippen MR) is 86.3 cm³/mol. The summed E-state index contributed by atoms with van der Waals surface area (Å²) in [5.74, 6) is -0.545. The van der Waals surface area contributed by atoms with E-state index in [-0.39, 0.29) is 12.5 Å². The van der Waals surface area contributed by atoms with Crippen molar-refractivity contribution in [3.8, 4) is 5.95 Å². The van der Waals surface area contributed by atoms with Gasteiger partial charge in [-0.2, -0.15) is 0 Å². The van der Waals surface area contributed by atoms with Crippen molar-refractivity contribution < 1.29 is 19.1 Å². The zero-order valence-electron chi connectivity index (χ0n) is 14.1. The second kappa shape index (κ2) is 6.84. The Labute approximate surface area is 146 Å². The minimum atomic E-state index is -0.531. The third kappa shape index (κ3) is 3.51. The Hall–Kier alpha value is -2.41. The van der Waals surface area contributed by atoms with Crippen LogP contribution in [0.1, 0.15) is 24.0 Å². The highest BCUT2D eigenvalue weighted by atomic mass is 16.6. The Morgan fingerprint density at radius 1 is 1.32 bits per heavy atom. The van der Waals surface area contributed by atoms with E-state index in [1.807, 2.05) is 4.90 Å². The molecule has 7 heteroatoms. The van der Waals surface area contributed by atoms with Crippen LogP contribution in [0.5, 0.6) is 5.95 Å². The molecule has 0 radical (unpaired) electrons. The van der Waals surface area contributed by atoms with E-state index >= 15 is 0 Å². The fraction of sp³-hybridized carbons (Fsp3) is 0.500. The molecule has 1 unspecified atom stereocenters. The average Bonchev–Trinajstić information content (AvgIpc) is 3.06. The minimum Gasteiger partial charge on any atom is -0.539 e.